The van der Waals surface area contributed by atoms with Crippen LogP contribution in [0.2, 0.25) is 0 Å². The summed E-state index contributed by atoms with van der Waals surface area (Å²) in [6, 6.07) is 0. The highest BCUT2D eigenvalue weighted by molar-refractivity contribution is 4.81. The second kappa shape index (κ2) is 8.50. The lowest BCUT2D eigenvalue weighted by Gasteiger charge is -2.02. The van der Waals surface area contributed by atoms with E-state index in [1.165, 1.54) is 0 Å². The van der Waals surface area contributed by atoms with Gasteiger partial charge in [0.2, 0.25) is 0 Å². The Kier molecular flexibility index (Phi) is 8.07. The van der Waals surface area contributed by atoms with Gasteiger partial charge in [0.15, 0.2) is 0 Å². The van der Waals surface area contributed by atoms with Crippen molar-refractivity contribution in [2.45, 2.75) is 31.8 Å². The van der Waals surface area contributed by atoms with Crippen molar-refractivity contribution in [1.29, 1.82) is 0 Å². The first-order chi connectivity index (χ1) is 5.81. The molecule has 0 heterocycles. The molecule has 0 aliphatic carbocycles. The van der Waals surface area contributed by atoms with Crippen molar-refractivity contribution in [3.63, 3.8) is 0 Å². The van der Waals surface area contributed by atoms with Crippen molar-refractivity contribution in [3.8, 4) is 0 Å². The molecule has 1 atom stereocenters. The Morgan fingerprint density at radius 2 is 2.00 bits per heavy atom. The Morgan fingerprint density at radius 3 is 2.58 bits per heavy atom. The van der Waals surface area contributed by atoms with E-state index in [0.717, 1.165) is 25.7 Å². The van der Waals surface area contributed by atoms with Crippen molar-refractivity contribution in [3.05, 3.63) is 24.8 Å². The minimum absolute atomic E-state index is 0.120. The molecule has 0 saturated heterocycles. The van der Waals surface area contributed by atoms with Gasteiger partial charge in [-0.25, -0.2) is 0 Å². The molecule has 0 fully saturated rings. The maximum Gasteiger partial charge on any atom is 0.0718 e. The lowest BCUT2D eigenvalue weighted by Crippen LogP contribution is -1.99. The molecule has 0 saturated carbocycles. The zero-order valence-electron chi connectivity index (χ0n) is 7.45. The van der Waals surface area contributed by atoms with Gasteiger partial charge in [0.1, 0.15) is 0 Å². The van der Waals surface area contributed by atoms with E-state index in [1.54, 1.807) is 12.2 Å². The predicted molar refractivity (Wildman–Crippen MR) is 50.9 cm³/mol. The molecule has 0 aliphatic heterocycles. The first kappa shape index (κ1) is 11.4. The molecule has 0 rings (SSSR count). The fourth-order valence-electron chi connectivity index (χ4n) is 0.926. The molecule has 0 aromatic rings. The van der Waals surface area contributed by atoms with E-state index in [1.807, 2.05) is 6.08 Å². The number of aliphatic hydroxyl groups excluding tert-OH is 2. The van der Waals surface area contributed by atoms with Gasteiger partial charge < -0.3 is 10.2 Å². The molecular weight excluding hydrogens is 152 g/mol. The van der Waals surface area contributed by atoms with Crippen LogP contribution in [-0.4, -0.2) is 22.9 Å². The van der Waals surface area contributed by atoms with E-state index in [-0.39, 0.29) is 12.7 Å². The number of hydrogen-bond acceptors (Lipinski definition) is 2. The summed E-state index contributed by atoms with van der Waals surface area (Å²) in [6.07, 6.45) is 8.73. The minimum atomic E-state index is -0.355. The van der Waals surface area contributed by atoms with Crippen LogP contribution in [0.15, 0.2) is 24.8 Å². The van der Waals surface area contributed by atoms with E-state index in [9.17, 15) is 0 Å². The van der Waals surface area contributed by atoms with Crippen LogP contribution in [0.3, 0.4) is 0 Å². The van der Waals surface area contributed by atoms with Gasteiger partial charge in [0.05, 0.1) is 12.7 Å². The Morgan fingerprint density at radius 1 is 1.25 bits per heavy atom. The van der Waals surface area contributed by atoms with Crippen LogP contribution in [0, 0.1) is 0 Å². The van der Waals surface area contributed by atoms with Crippen molar-refractivity contribution in [1.82, 2.24) is 0 Å². The molecule has 2 nitrogen and oxygen atoms in total. The fraction of sp³-hybridized carbons (Fsp3) is 0.600. The van der Waals surface area contributed by atoms with Crippen LogP contribution in [0.4, 0.5) is 0 Å². The largest absolute Gasteiger partial charge is 0.392 e. The Labute approximate surface area is 74.2 Å². The third kappa shape index (κ3) is 7.51. The van der Waals surface area contributed by atoms with E-state index in [0.29, 0.717) is 0 Å². The Balaban J connectivity index is 3.10. The van der Waals surface area contributed by atoms with E-state index in [4.69, 9.17) is 10.2 Å². The molecule has 0 radical (unpaired) electrons. The van der Waals surface area contributed by atoms with Crippen molar-refractivity contribution in [2.24, 2.45) is 0 Å². The standard InChI is InChI=1S/C10H18O2/c1-2-10(12)8-6-4-3-5-7-9-11/h2,5,7,10-12H,1,3-4,6,8-9H2. The molecule has 70 valence electrons. The maximum atomic E-state index is 9.08. The van der Waals surface area contributed by atoms with Gasteiger partial charge in [-0.1, -0.05) is 24.6 Å². The molecule has 2 N–H and O–H groups in total. The van der Waals surface area contributed by atoms with E-state index >= 15 is 0 Å². The molecule has 0 amide bonds. The quantitative estimate of drug-likeness (QED) is 0.450. The van der Waals surface area contributed by atoms with E-state index < -0.39 is 0 Å². The van der Waals surface area contributed by atoms with Crippen LogP contribution in [-0.2, 0) is 0 Å². The van der Waals surface area contributed by atoms with Crippen LogP contribution < -0.4 is 0 Å². The number of allylic oxidation sites excluding steroid dienone is 1. The molecule has 1 unspecified atom stereocenters. The molecule has 2 heteroatoms. The van der Waals surface area contributed by atoms with Gasteiger partial charge in [-0.2, -0.15) is 0 Å². The SMILES string of the molecule is C=CC(O)CCCCC=CCO. The lowest BCUT2D eigenvalue weighted by atomic mass is 10.1. The molecule has 0 aromatic heterocycles. The number of hydrogen-bond donors (Lipinski definition) is 2. The molecular formula is C10H18O2. The monoisotopic (exact) mass is 170 g/mol. The topological polar surface area (TPSA) is 40.5 Å². The first-order valence-electron chi connectivity index (χ1n) is 4.37. The molecule has 0 spiro atoms. The number of unbranched alkanes of at least 4 members (excludes halogenated alkanes) is 2. The summed E-state index contributed by atoms with van der Waals surface area (Å²) in [5, 5.41) is 17.5. The van der Waals surface area contributed by atoms with Crippen LogP contribution in [0.5, 0.6) is 0 Å². The Hall–Kier alpha value is -0.600. The summed E-state index contributed by atoms with van der Waals surface area (Å²) in [7, 11) is 0. The second-order valence-electron chi connectivity index (χ2n) is 2.74. The van der Waals surface area contributed by atoms with Gasteiger partial charge in [-0.15, -0.1) is 6.58 Å². The normalized spacial score (nSPS) is 13.5. The van der Waals surface area contributed by atoms with Crippen molar-refractivity contribution < 1.29 is 10.2 Å². The van der Waals surface area contributed by atoms with Crippen LogP contribution in [0.1, 0.15) is 25.7 Å². The van der Waals surface area contributed by atoms with Crippen molar-refractivity contribution in [2.75, 3.05) is 6.61 Å². The molecule has 0 aliphatic rings. The summed E-state index contributed by atoms with van der Waals surface area (Å²) >= 11 is 0. The van der Waals surface area contributed by atoms with Gasteiger partial charge in [0, 0.05) is 0 Å². The second-order valence-corrected chi connectivity index (χ2v) is 2.74. The highest BCUT2D eigenvalue weighted by atomic mass is 16.3. The zero-order valence-corrected chi connectivity index (χ0v) is 7.45. The zero-order chi connectivity index (χ0) is 9.23. The predicted octanol–water partition coefficient (Wildman–Crippen LogP) is 1.64. The van der Waals surface area contributed by atoms with E-state index in [2.05, 4.69) is 6.58 Å². The maximum absolute atomic E-state index is 9.08. The van der Waals surface area contributed by atoms with Crippen LogP contribution >= 0.6 is 0 Å². The molecule has 0 aromatic carbocycles. The minimum Gasteiger partial charge on any atom is -0.392 e. The average molecular weight is 170 g/mol. The summed E-state index contributed by atoms with van der Waals surface area (Å²) in [5.74, 6) is 0. The van der Waals surface area contributed by atoms with Gasteiger partial charge in [0.25, 0.3) is 0 Å². The molecule has 0 bridgehead atoms. The van der Waals surface area contributed by atoms with Gasteiger partial charge in [-0.05, 0) is 19.3 Å². The van der Waals surface area contributed by atoms with Gasteiger partial charge in [-0.3, -0.25) is 0 Å². The number of aliphatic hydroxyl groups is 2. The highest BCUT2D eigenvalue weighted by Crippen LogP contribution is 2.04. The summed E-state index contributed by atoms with van der Waals surface area (Å²) < 4.78 is 0. The lowest BCUT2D eigenvalue weighted by molar-refractivity contribution is 0.209. The van der Waals surface area contributed by atoms with Crippen molar-refractivity contribution >= 4 is 0 Å². The highest BCUT2D eigenvalue weighted by Gasteiger charge is 1.95. The number of rotatable bonds is 7. The van der Waals surface area contributed by atoms with Crippen LogP contribution in [0.25, 0.3) is 0 Å². The summed E-state index contributed by atoms with van der Waals surface area (Å²) in [4.78, 5) is 0. The van der Waals surface area contributed by atoms with Gasteiger partial charge >= 0.3 is 0 Å². The average Bonchev–Trinajstić information content (AvgIpc) is 2.10. The molecule has 12 heavy (non-hydrogen) atoms. The summed E-state index contributed by atoms with van der Waals surface area (Å²) in [5.41, 5.74) is 0. The third-order valence-electron chi connectivity index (χ3n) is 1.66. The fourth-order valence-corrected chi connectivity index (χ4v) is 0.926. The first-order valence-corrected chi connectivity index (χ1v) is 4.37. The Bertz CT molecular complexity index is 130. The summed E-state index contributed by atoms with van der Waals surface area (Å²) in [6.45, 7) is 3.61. The smallest absolute Gasteiger partial charge is 0.0718 e. The third-order valence-corrected chi connectivity index (χ3v) is 1.66.